The number of hydrogen-bond acceptors (Lipinski definition) is 1. The van der Waals surface area contributed by atoms with E-state index in [4.69, 9.17) is 28.9 Å². The lowest BCUT2D eigenvalue weighted by Crippen LogP contribution is -2.28. The lowest BCUT2D eigenvalue weighted by molar-refractivity contribution is 1.05. The van der Waals surface area contributed by atoms with Crippen LogP contribution in [0.25, 0.3) is 0 Å². The van der Waals surface area contributed by atoms with Crippen LogP contribution in [0.3, 0.4) is 0 Å². The molecule has 0 fully saturated rings. The van der Waals surface area contributed by atoms with Crippen molar-refractivity contribution >= 4 is 40.5 Å². The minimum absolute atomic E-state index is 0.194. The summed E-state index contributed by atoms with van der Waals surface area (Å²) in [5.41, 5.74) is 5.05. The molecule has 0 heterocycles. The van der Waals surface area contributed by atoms with Crippen LogP contribution in [0, 0.1) is 0 Å². The number of hydrogen-bond donors (Lipinski definition) is 2. The van der Waals surface area contributed by atoms with Gasteiger partial charge < -0.3 is 11.1 Å². The number of thiocarbonyl (C=S) groups is 1. The van der Waals surface area contributed by atoms with Crippen LogP contribution in [0.4, 0.5) is 0 Å². The molecular formula is C5H10Cl2N2S. The Morgan fingerprint density at radius 1 is 1.70 bits per heavy atom. The fraction of sp³-hybridized carbons (Fsp3) is 0.400. The molecular weight excluding hydrogens is 191 g/mol. The van der Waals surface area contributed by atoms with Crippen LogP contribution >= 0.6 is 35.4 Å². The van der Waals surface area contributed by atoms with E-state index in [2.05, 4.69) is 24.1 Å². The van der Waals surface area contributed by atoms with E-state index in [9.17, 15) is 0 Å². The summed E-state index contributed by atoms with van der Waals surface area (Å²) in [6.45, 7) is 4.10. The van der Waals surface area contributed by atoms with Crippen molar-refractivity contribution in [3.05, 3.63) is 12.7 Å². The zero-order chi connectivity index (χ0) is 8.41. The van der Waals surface area contributed by atoms with Gasteiger partial charge in [0, 0.05) is 6.54 Å². The largest absolute Gasteiger partial charge is 0.376 e. The minimum atomic E-state index is 0.194. The van der Waals surface area contributed by atoms with Gasteiger partial charge in [0.05, 0.1) is 5.34 Å². The first-order chi connectivity index (χ1) is 4.68. The molecule has 0 saturated carbocycles. The van der Waals surface area contributed by atoms with Gasteiger partial charge in [0.1, 0.15) is 0 Å². The van der Waals surface area contributed by atoms with Crippen LogP contribution < -0.4 is 11.1 Å². The van der Waals surface area contributed by atoms with Crippen molar-refractivity contribution in [1.29, 1.82) is 0 Å². The van der Waals surface area contributed by atoms with Crippen LogP contribution in [-0.2, 0) is 0 Å². The highest BCUT2D eigenvalue weighted by Gasteiger charge is 1.76. The predicted octanol–water partition coefficient (Wildman–Crippen LogP) is 1.43. The number of nitrogens with one attached hydrogen (secondary N) is 1. The van der Waals surface area contributed by atoms with Gasteiger partial charge in [-0.3, -0.25) is 0 Å². The van der Waals surface area contributed by atoms with Crippen molar-refractivity contribution in [2.45, 2.75) is 0 Å². The van der Waals surface area contributed by atoms with Gasteiger partial charge in [-0.1, -0.05) is 6.08 Å². The molecule has 0 aromatic heterocycles. The highest BCUT2D eigenvalue weighted by Crippen LogP contribution is 1.73. The van der Waals surface area contributed by atoms with Crippen molar-refractivity contribution in [2.24, 2.45) is 5.73 Å². The predicted molar refractivity (Wildman–Crippen MR) is 51.6 cm³/mol. The summed E-state index contributed by atoms with van der Waals surface area (Å²) in [5, 5.41) is 3.20. The number of alkyl halides is 2. The molecule has 5 heteroatoms. The number of halogens is 2. The molecule has 0 aliphatic carbocycles. The lowest BCUT2D eigenvalue weighted by Gasteiger charge is -1.94. The highest BCUT2D eigenvalue weighted by molar-refractivity contribution is 7.80. The van der Waals surface area contributed by atoms with Crippen molar-refractivity contribution < 1.29 is 0 Å². The molecule has 0 saturated heterocycles. The third kappa shape index (κ3) is 24.5. The van der Waals surface area contributed by atoms with Gasteiger partial charge in [-0.05, 0) is 12.2 Å². The van der Waals surface area contributed by atoms with E-state index >= 15 is 0 Å². The fourth-order valence-electron chi connectivity index (χ4n) is 0.173. The van der Waals surface area contributed by atoms with Crippen molar-refractivity contribution in [1.82, 2.24) is 5.32 Å². The lowest BCUT2D eigenvalue weighted by atomic mass is 10.6. The summed E-state index contributed by atoms with van der Waals surface area (Å²) in [6, 6.07) is 0. The van der Waals surface area contributed by atoms with Crippen molar-refractivity contribution in [3.8, 4) is 0 Å². The second-order valence-corrected chi connectivity index (χ2v) is 2.38. The summed E-state index contributed by atoms with van der Waals surface area (Å²) in [5.74, 6) is 0. The first-order valence-corrected chi connectivity index (χ1v) is 3.92. The highest BCUT2D eigenvalue weighted by atomic mass is 35.5. The van der Waals surface area contributed by atoms with Gasteiger partial charge >= 0.3 is 0 Å². The molecule has 60 valence electrons. The normalized spacial score (nSPS) is 7.00. The Morgan fingerprint density at radius 2 is 2.10 bits per heavy atom. The Labute approximate surface area is 76.4 Å². The smallest absolute Gasteiger partial charge is 0.163 e. The van der Waals surface area contributed by atoms with E-state index in [1.54, 1.807) is 6.08 Å². The summed E-state index contributed by atoms with van der Waals surface area (Å²) in [6.07, 6.45) is 1.69. The molecule has 3 N–H and O–H groups in total. The van der Waals surface area contributed by atoms with Gasteiger partial charge in [0.2, 0.25) is 0 Å². The van der Waals surface area contributed by atoms with E-state index < -0.39 is 0 Å². The molecule has 0 spiro atoms. The first kappa shape index (κ1) is 12.7. The van der Waals surface area contributed by atoms with E-state index in [0.29, 0.717) is 11.7 Å². The van der Waals surface area contributed by atoms with E-state index in [0.717, 1.165) is 0 Å². The Morgan fingerprint density at radius 3 is 2.20 bits per heavy atom. The molecule has 0 radical (unpaired) electrons. The molecule has 0 aromatic carbocycles. The summed E-state index contributed by atoms with van der Waals surface area (Å²) in [7, 11) is 0. The second kappa shape index (κ2) is 11.8. The molecule has 10 heavy (non-hydrogen) atoms. The third-order valence-corrected chi connectivity index (χ3v) is 0.565. The molecule has 2 nitrogen and oxygen atoms in total. The molecule has 0 atom stereocenters. The standard InChI is InChI=1S/C4H8N2S.CH2Cl2/c1-2-3-6-4(5)7;2-1-3/h2H,1,3H2,(H3,5,6,7);1H2. The number of nitrogens with two attached hydrogens (primary N) is 1. The van der Waals surface area contributed by atoms with Gasteiger partial charge in [-0.25, -0.2) is 0 Å². The van der Waals surface area contributed by atoms with Gasteiger partial charge in [0.25, 0.3) is 0 Å². The Bertz CT molecular complexity index is 97.6. The SMILES string of the molecule is C=CCNC(N)=S.ClCCl. The fourth-order valence-corrected chi connectivity index (χ4v) is 0.256. The molecule has 0 rings (SSSR count). The summed E-state index contributed by atoms with van der Waals surface area (Å²) in [4.78, 5) is 0. The van der Waals surface area contributed by atoms with Crippen LogP contribution in [0.15, 0.2) is 12.7 Å². The van der Waals surface area contributed by atoms with Gasteiger partial charge in [-0.2, -0.15) is 0 Å². The maximum atomic E-state index is 5.05. The van der Waals surface area contributed by atoms with E-state index in [1.165, 1.54) is 0 Å². The molecule has 0 aromatic rings. The summed E-state index contributed by atoms with van der Waals surface area (Å²) < 4.78 is 0. The third-order valence-electron chi connectivity index (χ3n) is 0.421. The molecule has 0 aliphatic heterocycles. The topological polar surface area (TPSA) is 38.0 Å². The Hall–Kier alpha value is 0.01000. The van der Waals surface area contributed by atoms with Crippen LogP contribution in [0.5, 0.6) is 0 Å². The quantitative estimate of drug-likeness (QED) is 0.403. The Balaban J connectivity index is 0. The van der Waals surface area contributed by atoms with Crippen LogP contribution in [-0.4, -0.2) is 17.0 Å². The first-order valence-electron chi connectivity index (χ1n) is 2.45. The monoisotopic (exact) mass is 200 g/mol. The van der Waals surface area contributed by atoms with E-state index in [1.807, 2.05) is 0 Å². The molecule has 0 unspecified atom stereocenters. The maximum Gasteiger partial charge on any atom is 0.163 e. The molecule has 0 aliphatic rings. The average molecular weight is 201 g/mol. The number of rotatable bonds is 2. The second-order valence-electron chi connectivity index (χ2n) is 1.13. The van der Waals surface area contributed by atoms with Crippen LogP contribution in [0.1, 0.15) is 0 Å². The Kier molecular flexibility index (Phi) is 14.9. The molecule has 0 amide bonds. The summed E-state index contributed by atoms with van der Waals surface area (Å²) >= 11 is 14.0. The molecule has 0 bridgehead atoms. The van der Waals surface area contributed by atoms with Gasteiger partial charge in [-0.15, -0.1) is 29.8 Å². The average Bonchev–Trinajstić information content (AvgIpc) is 1.85. The van der Waals surface area contributed by atoms with Crippen molar-refractivity contribution in [2.75, 3.05) is 11.9 Å². The zero-order valence-corrected chi connectivity index (χ0v) is 7.77. The van der Waals surface area contributed by atoms with E-state index in [-0.39, 0.29) is 5.34 Å². The van der Waals surface area contributed by atoms with Gasteiger partial charge in [0.15, 0.2) is 5.11 Å². The minimum Gasteiger partial charge on any atom is -0.376 e. The zero-order valence-electron chi connectivity index (χ0n) is 5.44. The maximum absolute atomic E-state index is 5.05. The van der Waals surface area contributed by atoms with Crippen molar-refractivity contribution in [3.63, 3.8) is 0 Å². The van der Waals surface area contributed by atoms with Crippen LogP contribution in [0.2, 0.25) is 0 Å².